The van der Waals surface area contributed by atoms with Crippen molar-refractivity contribution in [1.29, 1.82) is 0 Å². The Morgan fingerprint density at radius 1 is 1.14 bits per heavy atom. The number of rotatable bonds is 6. The molecule has 0 aliphatic rings. The molecule has 112 valence electrons. The van der Waals surface area contributed by atoms with Crippen LogP contribution in [0.5, 0.6) is 0 Å². The molecule has 0 unspecified atom stereocenters. The standard InChI is InChI=1S/C15H20N4O2/c1-11-12-6-4-5-7-13(12)15(17-16-11)19(10-14(20)21)9-8-18(2)3/h4-7H,8-10H2,1-3H3,(H,20,21). The zero-order chi connectivity index (χ0) is 15.4. The van der Waals surface area contributed by atoms with E-state index in [9.17, 15) is 4.79 Å². The third-order valence-corrected chi connectivity index (χ3v) is 3.30. The molecule has 0 atom stereocenters. The predicted molar refractivity (Wildman–Crippen MR) is 82.7 cm³/mol. The number of fused-ring (bicyclic) bond motifs is 1. The van der Waals surface area contributed by atoms with Gasteiger partial charge >= 0.3 is 5.97 Å². The number of hydrogen-bond donors (Lipinski definition) is 1. The number of carboxylic acid groups (broad SMARTS) is 1. The van der Waals surface area contributed by atoms with E-state index in [0.29, 0.717) is 12.4 Å². The van der Waals surface area contributed by atoms with Crippen LogP contribution in [0.15, 0.2) is 24.3 Å². The van der Waals surface area contributed by atoms with Gasteiger partial charge in [0.1, 0.15) is 6.54 Å². The first-order valence-electron chi connectivity index (χ1n) is 6.82. The largest absolute Gasteiger partial charge is 0.480 e. The maximum atomic E-state index is 11.1. The van der Waals surface area contributed by atoms with Crippen LogP contribution in [0.25, 0.3) is 10.8 Å². The normalized spacial score (nSPS) is 11.0. The first-order chi connectivity index (χ1) is 9.99. The molecule has 6 heteroatoms. The molecule has 0 aliphatic heterocycles. The van der Waals surface area contributed by atoms with Crippen molar-refractivity contribution in [3.8, 4) is 0 Å². The SMILES string of the molecule is Cc1nnc(N(CCN(C)C)CC(=O)O)c2ccccc12. The number of carbonyl (C=O) groups is 1. The summed E-state index contributed by atoms with van der Waals surface area (Å²) < 4.78 is 0. The summed E-state index contributed by atoms with van der Waals surface area (Å²) in [6.07, 6.45) is 0. The average molecular weight is 288 g/mol. The van der Waals surface area contributed by atoms with Gasteiger partial charge in [0.2, 0.25) is 0 Å². The molecule has 1 N–H and O–H groups in total. The molecule has 0 saturated carbocycles. The van der Waals surface area contributed by atoms with Crippen LogP contribution in [0.2, 0.25) is 0 Å². The smallest absolute Gasteiger partial charge is 0.323 e. The van der Waals surface area contributed by atoms with E-state index in [0.717, 1.165) is 23.0 Å². The topological polar surface area (TPSA) is 69.6 Å². The van der Waals surface area contributed by atoms with Gasteiger partial charge in [-0.1, -0.05) is 24.3 Å². The molecular weight excluding hydrogens is 268 g/mol. The molecule has 2 aromatic rings. The number of carboxylic acids is 1. The Labute approximate surface area is 124 Å². The van der Waals surface area contributed by atoms with Gasteiger partial charge in [0.15, 0.2) is 5.82 Å². The molecule has 0 amide bonds. The number of benzene rings is 1. The van der Waals surface area contributed by atoms with E-state index < -0.39 is 5.97 Å². The molecule has 1 aromatic heterocycles. The Kier molecular flexibility index (Phi) is 4.70. The minimum absolute atomic E-state index is 0.0877. The van der Waals surface area contributed by atoms with Crippen LogP contribution in [0.4, 0.5) is 5.82 Å². The van der Waals surface area contributed by atoms with E-state index in [-0.39, 0.29) is 6.54 Å². The lowest BCUT2D eigenvalue weighted by molar-refractivity contribution is -0.135. The molecule has 2 rings (SSSR count). The second-order valence-electron chi connectivity index (χ2n) is 5.27. The number of nitrogens with zero attached hydrogens (tertiary/aromatic N) is 4. The molecule has 1 heterocycles. The highest BCUT2D eigenvalue weighted by Gasteiger charge is 2.16. The number of hydrogen-bond acceptors (Lipinski definition) is 5. The van der Waals surface area contributed by atoms with E-state index in [1.807, 2.05) is 50.2 Å². The molecular formula is C15H20N4O2. The highest BCUT2D eigenvalue weighted by Crippen LogP contribution is 2.25. The van der Waals surface area contributed by atoms with Gasteiger partial charge in [0.05, 0.1) is 5.69 Å². The van der Waals surface area contributed by atoms with E-state index in [1.54, 1.807) is 4.90 Å². The van der Waals surface area contributed by atoms with Gasteiger partial charge in [0, 0.05) is 23.9 Å². The zero-order valence-corrected chi connectivity index (χ0v) is 12.6. The lowest BCUT2D eigenvalue weighted by Gasteiger charge is -2.24. The predicted octanol–water partition coefficient (Wildman–Crippen LogP) is 1.39. The zero-order valence-electron chi connectivity index (χ0n) is 12.6. The molecule has 1 aromatic carbocycles. The second-order valence-corrected chi connectivity index (χ2v) is 5.27. The first kappa shape index (κ1) is 15.2. The van der Waals surface area contributed by atoms with Crippen LogP contribution >= 0.6 is 0 Å². The number of aromatic nitrogens is 2. The Balaban J connectivity index is 2.43. The molecule has 0 spiro atoms. The van der Waals surface area contributed by atoms with Gasteiger partial charge in [0.25, 0.3) is 0 Å². The summed E-state index contributed by atoms with van der Waals surface area (Å²) in [5.74, 6) is -0.249. The van der Waals surface area contributed by atoms with Gasteiger partial charge in [-0.15, -0.1) is 5.10 Å². The van der Waals surface area contributed by atoms with Crippen molar-refractivity contribution >= 4 is 22.6 Å². The summed E-state index contributed by atoms with van der Waals surface area (Å²) in [7, 11) is 3.91. The monoisotopic (exact) mass is 288 g/mol. The van der Waals surface area contributed by atoms with Gasteiger partial charge in [-0.05, 0) is 21.0 Å². The maximum absolute atomic E-state index is 11.1. The Bertz CT molecular complexity index is 643. The fourth-order valence-electron chi connectivity index (χ4n) is 2.20. The van der Waals surface area contributed by atoms with Crippen molar-refractivity contribution in [3.63, 3.8) is 0 Å². The van der Waals surface area contributed by atoms with Gasteiger partial charge < -0.3 is 14.9 Å². The van der Waals surface area contributed by atoms with Crippen LogP contribution in [-0.2, 0) is 4.79 Å². The van der Waals surface area contributed by atoms with Gasteiger partial charge in [-0.2, -0.15) is 5.10 Å². The first-order valence-corrected chi connectivity index (χ1v) is 6.82. The maximum Gasteiger partial charge on any atom is 0.323 e. The van der Waals surface area contributed by atoms with E-state index in [2.05, 4.69) is 10.2 Å². The lowest BCUT2D eigenvalue weighted by Crippen LogP contribution is -2.36. The second kappa shape index (κ2) is 6.49. The van der Waals surface area contributed by atoms with Crippen molar-refractivity contribution in [2.75, 3.05) is 38.6 Å². The fraction of sp³-hybridized carbons (Fsp3) is 0.400. The van der Waals surface area contributed by atoms with E-state index in [4.69, 9.17) is 5.11 Å². The highest BCUT2D eigenvalue weighted by atomic mass is 16.4. The quantitative estimate of drug-likeness (QED) is 0.866. The Morgan fingerprint density at radius 2 is 1.81 bits per heavy atom. The third-order valence-electron chi connectivity index (χ3n) is 3.30. The molecule has 6 nitrogen and oxygen atoms in total. The number of aliphatic carboxylic acids is 1. The minimum atomic E-state index is -0.875. The minimum Gasteiger partial charge on any atom is -0.480 e. The van der Waals surface area contributed by atoms with Crippen molar-refractivity contribution in [2.45, 2.75) is 6.92 Å². The summed E-state index contributed by atoms with van der Waals surface area (Å²) in [4.78, 5) is 14.9. The van der Waals surface area contributed by atoms with Crippen molar-refractivity contribution in [2.24, 2.45) is 0 Å². The van der Waals surface area contributed by atoms with Gasteiger partial charge in [-0.25, -0.2) is 0 Å². The third kappa shape index (κ3) is 3.66. The molecule has 0 radical (unpaired) electrons. The lowest BCUT2D eigenvalue weighted by atomic mass is 10.1. The van der Waals surface area contributed by atoms with Crippen molar-refractivity contribution < 1.29 is 9.90 Å². The summed E-state index contributed by atoms with van der Waals surface area (Å²) in [6.45, 7) is 3.15. The Morgan fingerprint density at radius 3 is 2.43 bits per heavy atom. The van der Waals surface area contributed by atoms with Crippen LogP contribution in [0.3, 0.4) is 0 Å². The number of aryl methyl sites for hydroxylation is 1. The van der Waals surface area contributed by atoms with Crippen LogP contribution in [0.1, 0.15) is 5.69 Å². The van der Waals surface area contributed by atoms with E-state index in [1.165, 1.54) is 0 Å². The molecule has 0 bridgehead atoms. The average Bonchev–Trinajstić information content (AvgIpc) is 2.44. The fourth-order valence-corrected chi connectivity index (χ4v) is 2.20. The summed E-state index contributed by atoms with van der Waals surface area (Å²) in [5.41, 5.74) is 0.845. The Hall–Kier alpha value is -2.21. The molecule has 21 heavy (non-hydrogen) atoms. The summed E-state index contributed by atoms with van der Waals surface area (Å²) in [6, 6.07) is 7.81. The number of likely N-dealkylation sites (N-methyl/N-ethyl adjacent to an activating group) is 1. The number of anilines is 1. The molecule has 0 fully saturated rings. The van der Waals surface area contributed by atoms with Crippen molar-refractivity contribution in [1.82, 2.24) is 15.1 Å². The van der Waals surface area contributed by atoms with Gasteiger partial charge in [-0.3, -0.25) is 4.79 Å². The molecule has 0 saturated heterocycles. The van der Waals surface area contributed by atoms with Crippen LogP contribution in [-0.4, -0.2) is 59.9 Å². The van der Waals surface area contributed by atoms with Crippen LogP contribution in [0, 0.1) is 6.92 Å². The summed E-state index contributed by atoms with van der Waals surface area (Å²) >= 11 is 0. The van der Waals surface area contributed by atoms with Crippen LogP contribution < -0.4 is 4.90 Å². The van der Waals surface area contributed by atoms with Crippen molar-refractivity contribution in [3.05, 3.63) is 30.0 Å². The highest BCUT2D eigenvalue weighted by molar-refractivity contribution is 5.94. The summed E-state index contributed by atoms with van der Waals surface area (Å²) in [5, 5.41) is 19.5. The van der Waals surface area contributed by atoms with E-state index >= 15 is 0 Å². The molecule has 0 aliphatic carbocycles.